The third-order valence-corrected chi connectivity index (χ3v) is 3.32. The lowest BCUT2D eigenvalue weighted by Crippen LogP contribution is -2.26. The quantitative estimate of drug-likeness (QED) is 0.910. The number of nitrogens with zero attached hydrogens (tertiary/aromatic N) is 2. The van der Waals surface area contributed by atoms with Gasteiger partial charge in [-0.1, -0.05) is 36.7 Å². The highest BCUT2D eigenvalue weighted by molar-refractivity contribution is 6.31. The maximum atomic E-state index is 14.0. The average Bonchev–Trinajstić information content (AvgIpc) is 2.78. The van der Waals surface area contributed by atoms with Crippen molar-refractivity contribution in [1.82, 2.24) is 15.1 Å². The van der Waals surface area contributed by atoms with Crippen molar-refractivity contribution in [2.45, 2.75) is 26.4 Å². The van der Waals surface area contributed by atoms with Crippen molar-refractivity contribution < 1.29 is 4.39 Å². The third-order valence-electron chi connectivity index (χ3n) is 3.03. The Labute approximate surface area is 117 Å². The van der Waals surface area contributed by atoms with E-state index < -0.39 is 0 Å². The number of hydrogen-bond donors (Lipinski definition) is 1. The van der Waals surface area contributed by atoms with Crippen molar-refractivity contribution in [1.29, 1.82) is 0 Å². The average molecular weight is 282 g/mol. The zero-order chi connectivity index (χ0) is 13.8. The van der Waals surface area contributed by atoms with E-state index in [4.69, 9.17) is 11.6 Å². The zero-order valence-electron chi connectivity index (χ0n) is 11.0. The summed E-state index contributed by atoms with van der Waals surface area (Å²) in [6.07, 6.45) is 1.60. The van der Waals surface area contributed by atoms with Gasteiger partial charge in [0.15, 0.2) is 0 Å². The Morgan fingerprint density at radius 1 is 1.37 bits per heavy atom. The van der Waals surface area contributed by atoms with Crippen LogP contribution in [0.1, 0.15) is 31.1 Å². The van der Waals surface area contributed by atoms with Crippen LogP contribution in [0.3, 0.4) is 0 Å². The van der Waals surface area contributed by atoms with Crippen LogP contribution in [0.25, 0.3) is 0 Å². The van der Waals surface area contributed by atoms with E-state index in [9.17, 15) is 4.39 Å². The van der Waals surface area contributed by atoms with E-state index in [1.165, 1.54) is 6.07 Å². The van der Waals surface area contributed by atoms with Crippen LogP contribution in [0.2, 0.25) is 5.02 Å². The molecular weight excluding hydrogens is 265 g/mol. The molecule has 1 heterocycles. The van der Waals surface area contributed by atoms with E-state index in [1.807, 2.05) is 19.9 Å². The van der Waals surface area contributed by atoms with Gasteiger partial charge in [-0.15, -0.1) is 0 Å². The largest absolute Gasteiger partial charge is 0.305 e. The SMILES string of the molecule is CCNC(c1ccccc1F)c1c(Cl)cnn1CC. The molecule has 0 bridgehead atoms. The van der Waals surface area contributed by atoms with Crippen LogP contribution >= 0.6 is 11.6 Å². The molecule has 1 unspecified atom stereocenters. The van der Waals surface area contributed by atoms with Gasteiger partial charge in [0.2, 0.25) is 0 Å². The summed E-state index contributed by atoms with van der Waals surface area (Å²) in [5.41, 5.74) is 1.39. The van der Waals surface area contributed by atoms with Gasteiger partial charge in [-0.25, -0.2) is 4.39 Å². The lowest BCUT2D eigenvalue weighted by Gasteiger charge is -2.20. The van der Waals surface area contributed by atoms with Crippen molar-refractivity contribution >= 4 is 11.6 Å². The second kappa shape index (κ2) is 6.17. The molecule has 2 rings (SSSR count). The molecule has 0 aliphatic heterocycles. The van der Waals surface area contributed by atoms with Gasteiger partial charge in [0.1, 0.15) is 5.82 Å². The van der Waals surface area contributed by atoms with Gasteiger partial charge in [0.05, 0.1) is 23.0 Å². The molecule has 1 atom stereocenters. The van der Waals surface area contributed by atoms with Crippen LogP contribution in [-0.4, -0.2) is 16.3 Å². The minimum absolute atomic E-state index is 0.242. The Morgan fingerprint density at radius 3 is 2.74 bits per heavy atom. The van der Waals surface area contributed by atoms with Gasteiger partial charge in [-0.3, -0.25) is 4.68 Å². The molecule has 0 aliphatic carbocycles. The van der Waals surface area contributed by atoms with Gasteiger partial charge in [-0.2, -0.15) is 5.10 Å². The van der Waals surface area contributed by atoms with E-state index >= 15 is 0 Å². The zero-order valence-corrected chi connectivity index (χ0v) is 11.8. The van der Waals surface area contributed by atoms with Crippen molar-refractivity contribution in [3.8, 4) is 0 Å². The normalized spacial score (nSPS) is 12.6. The monoisotopic (exact) mass is 281 g/mol. The first-order valence-electron chi connectivity index (χ1n) is 6.38. The Bertz CT molecular complexity index is 553. The summed E-state index contributed by atoms with van der Waals surface area (Å²) >= 11 is 6.21. The molecule has 3 nitrogen and oxygen atoms in total. The van der Waals surface area contributed by atoms with E-state index in [1.54, 1.807) is 23.0 Å². The van der Waals surface area contributed by atoms with Crippen molar-refractivity contribution in [2.75, 3.05) is 6.54 Å². The van der Waals surface area contributed by atoms with E-state index in [2.05, 4.69) is 10.4 Å². The number of benzene rings is 1. The van der Waals surface area contributed by atoms with Crippen LogP contribution in [0.15, 0.2) is 30.5 Å². The second-order valence-corrected chi connectivity index (χ2v) is 4.61. The van der Waals surface area contributed by atoms with Crippen molar-refractivity contribution in [3.63, 3.8) is 0 Å². The Hall–Kier alpha value is -1.39. The first-order valence-corrected chi connectivity index (χ1v) is 6.75. The summed E-state index contributed by atoms with van der Waals surface area (Å²) in [5, 5.41) is 8.04. The fourth-order valence-corrected chi connectivity index (χ4v) is 2.43. The highest BCUT2D eigenvalue weighted by atomic mass is 35.5. The minimum atomic E-state index is -0.291. The molecule has 1 aromatic carbocycles. The summed E-state index contributed by atoms with van der Waals surface area (Å²) in [6, 6.07) is 6.44. The van der Waals surface area contributed by atoms with Gasteiger partial charge < -0.3 is 5.32 Å². The topological polar surface area (TPSA) is 29.9 Å². The molecule has 0 radical (unpaired) electrons. The molecule has 0 amide bonds. The molecule has 0 saturated carbocycles. The fraction of sp³-hybridized carbons (Fsp3) is 0.357. The standard InChI is InChI=1S/C14H17ClFN3/c1-3-17-13(10-7-5-6-8-12(10)16)14-11(15)9-18-19(14)4-2/h5-9,13,17H,3-4H2,1-2H3. The lowest BCUT2D eigenvalue weighted by molar-refractivity contribution is 0.516. The summed E-state index contributed by atoms with van der Waals surface area (Å²) in [6.45, 7) is 5.37. The lowest BCUT2D eigenvalue weighted by atomic mass is 10.0. The Morgan fingerprint density at radius 2 is 2.11 bits per heavy atom. The van der Waals surface area contributed by atoms with Crippen LogP contribution in [-0.2, 0) is 6.54 Å². The summed E-state index contributed by atoms with van der Waals surface area (Å²) in [5.74, 6) is -0.242. The molecule has 19 heavy (non-hydrogen) atoms. The van der Waals surface area contributed by atoms with Crippen LogP contribution in [0, 0.1) is 5.82 Å². The molecule has 2 aromatic rings. The number of aryl methyl sites for hydroxylation is 1. The molecule has 102 valence electrons. The van der Waals surface area contributed by atoms with Gasteiger partial charge in [0, 0.05) is 12.1 Å². The smallest absolute Gasteiger partial charge is 0.128 e. The molecule has 0 aliphatic rings. The van der Waals surface area contributed by atoms with Gasteiger partial charge in [-0.05, 0) is 19.5 Å². The third kappa shape index (κ3) is 2.80. The minimum Gasteiger partial charge on any atom is -0.305 e. The Kier molecular flexibility index (Phi) is 4.56. The van der Waals surface area contributed by atoms with Crippen LogP contribution in [0.4, 0.5) is 4.39 Å². The summed E-state index contributed by atoms with van der Waals surface area (Å²) < 4.78 is 15.8. The van der Waals surface area contributed by atoms with Crippen molar-refractivity contribution in [3.05, 3.63) is 52.6 Å². The summed E-state index contributed by atoms with van der Waals surface area (Å²) in [7, 11) is 0. The second-order valence-electron chi connectivity index (χ2n) is 4.21. The predicted molar refractivity (Wildman–Crippen MR) is 74.8 cm³/mol. The number of rotatable bonds is 5. The molecule has 0 saturated heterocycles. The first kappa shape index (κ1) is 14.0. The van der Waals surface area contributed by atoms with E-state index in [0.717, 1.165) is 5.69 Å². The van der Waals surface area contributed by atoms with E-state index in [-0.39, 0.29) is 11.9 Å². The molecule has 0 fully saturated rings. The van der Waals surface area contributed by atoms with Crippen molar-refractivity contribution in [2.24, 2.45) is 0 Å². The molecular formula is C14H17ClFN3. The number of aromatic nitrogens is 2. The maximum absolute atomic E-state index is 14.0. The predicted octanol–water partition coefficient (Wildman–Crippen LogP) is 3.39. The van der Waals surface area contributed by atoms with Gasteiger partial charge >= 0.3 is 0 Å². The van der Waals surface area contributed by atoms with Crippen LogP contribution in [0.5, 0.6) is 0 Å². The Balaban J connectivity index is 2.51. The van der Waals surface area contributed by atoms with Crippen LogP contribution < -0.4 is 5.32 Å². The number of hydrogen-bond acceptors (Lipinski definition) is 2. The molecule has 1 aromatic heterocycles. The highest BCUT2D eigenvalue weighted by Gasteiger charge is 2.23. The molecule has 0 spiro atoms. The summed E-state index contributed by atoms with van der Waals surface area (Å²) in [4.78, 5) is 0. The molecule has 5 heteroatoms. The number of halogens is 2. The fourth-order valence-electron chi connectivity index (χ4n) is 2.18. The highest BCUT2D eigenvalue weighted by Crippen LogP contribution is 2.29. The van der Waals surface area contributed by atoms with Gasteiger partial charge in [0.25, 0.3) is 0 Å². The maximum Gasteiger partial charge on any atom is 0.128 e. The first-order chi connectivity index (χ1) is 9.19. The number of nitrogens with one attached hydrogen (secondary N) is 1. The van der Waals surface area contributed by atoms with E-state index in [0.29, 0.717) is 23.7 Å². The molecule has 1 N–H and O–H groups in total.